The van der Waals surface area contributed by atoms with Gasteiger partial charge in [-0.2, -0.15) is 0 Å². The summed E-state index contributed by atoms with van der Waals surface area (Å²) in [5, 5.41) is 0. The molecule has 1 aliphatic heterocycles. The van der Waals surface area contributed by atoms with Gasteiger partial charge in [0.25, 0.3) is 0 Å². The second-order valence-electron chi connectivity index (χ2n) is 2.19. The SMILES string of the molecule is [Br][Mg][Br].[CH2]C(C)C1OCCO1. The van der Waals surface area contributed by atoms with Gasteiger partial charge in [-0.3, -0.25) is 25.8 Å². The van der Waals surface area contributed by atoms with Crippen LogP contribution in [0.2, 0.25) is 0 Å². The minimum atomic E-state index is -0.0463. The Kier molecular flexibility index (Phi) is 9.49. The Morgan fingerprint density at radius 1 is 1.45 bits per heavy atom. The molecule has 0 amide bonds. The van der Waals surface area contributed by atoms with Crippen LogP contribution in [0.4, 0.5) is 0 Å². The minimum absolute atomic E-state index is 0.0417. The molecule has 1 aliphatic rings. The van der Waals surface area contributed by atoms with E-state index < -0.39 is 0 Å². The lowest BCUT2D eigenvalue weighted by molar-refractivity contribution is -0.0664. The van der Waals surface area contributed by atoms with Crippen LogP contribution in [0.25, 0.3) is 0 Å². The van der Waals surface area contributed by atoms with Crippen molar-refractivity contribution in [2.24, 2.45) is 5.92 Å². The molecule has 0 N–H and O–H groups in total. The van der Waals surface area contributed by atoms with Gasteiger partial charge in [0.15, 0.2) is 6.29 Å². The number of hydrogen-bond donors (Lipinski definition) is 0. The van der Waals surface area contributed by atoms with E-state index in [0.29, 0.717) is 0 Å². The highest BCUT2D eigenvalue weighted by atomic mass is 79.9. The van der Waals surface area contributed by atoms with Gasteiger partial charge in [-0.15, -0.1) is 0 Å². The molecule has 1 fully saturated rings. The van der Waals surface area contributed by atoms with Crippen molar-refractivity contribution < 1.29 is 9.47 Å². The Labute approximate surface area is 89.9 Å². The molecule has 0 aromatic heterocycles. The molecule has 0 aromatic rings. The highest BCUT2D eigenvalue weighted by Gasteiger charge is 2.18. The first-order valence-corrected chi connectivity index (χ1v) is 11.2. The zero-order valence-electron chi connectivity index (χ0n) is 6.56. The molecule has 2 nitrogen and oxygen atoms in total. The summed E-state index contributed by atoms with van der Waals surface area (Å²) in [6.45, 7) is 7.21. The van der Waals surface area contributed by atoms with Gasteiger partial charge in [-0.1, -0.05) is 6.92 Å². The molecule has 1 unspecified atom stereocenters. The fourth-order valence-corrected chi connectivity index (χ4v) is 0.705. The first-order valence-electron chi connectivity index (χ1n) is 3.40. The lowest BCUT2D eigenvalue weighted by atomic mass is 10.2. The number of rotatable bonds is 1. The molecular formula is C6H11Br2MgO2. The first-order chi connectivity index (χ1) is 5.22. The minimum Gasteiger partial charge on any atom is -0.350 e. The maximum atomic E-state index is 5.13. The van der Waals surface area contributed by atoms with Gasteiger partial charge in [-0.25, -0.2) is 0 Å². The van der Waals surface area contributed by atoms with E-state index in [1.165, 1.54) is 0 Å². The Hall–Kier alpha value is 1.65. The standard InChI is InChI=1S/C6H11O2.2BrH.Mg/c1-5(2)6-7-3-4-8-6;;;/h5-6H,1,3-4H2,2H3;2*1H;/q;;;+2/p-2. The van der Waals surface area contributed by atoms with Gasteiger partial charge < -0.3 is 9.47 Å². The average Bonchev–Trinajstić information content (AvgIpc) is 2.38. The van der Waals surface area contributed by atoms with Crippen LogP contribution in [0, 0.1) is 12.8 Å². The summed E-state index contributed by atoms with van der Waals surface area (Å²) in [4.78, 5) is 0. The third-order valence-corrected chi connectivity index (χ3v) is 1.11. The highest BCUT2D eigenvalue weighted by Crippen LogP contribution is 2.11. The molecule has 63 valence electrons. The van der Waals surface area contributed by atoms with Crippen molar-refractivity contribution in [2.45, 2.75) is 13.2 Å². The van der Waals surface area contributed by atoms with Crippen LogP contribution in [0.15, 0.2) is 0 Å². The lowest BCUT2D eigenvalue weighted by Gasteiger charge is -2.10. The van der Waals surface area contributed by atoms with Crippen LogP contribution >= 0.6 is 25.8 Å². The molecule has 5 heteroatoms. The van der Waals surface area contributed by atoms with Crippen LogP contribution in [-0.2, 0) is 9.47 Å². The maximum Gasteiger partial charge on any atom is 0.560 e. The van der Waals surface area contributed by atoms with E-state index >= 15 is 0 Å². The Morgan fingerprint density at radius 2 is 1.82 bits per heavy atom. The van der Waals surface area contributed by atoms with E-state index in [9.17, 15) is 0 Å². The van der Waals surface area contributed by atoms with E-state index in [1.54, 1.807) is 0 Å². The molecule has 11 heavy (non-hydrogen) atoms. The average molecular weight is 299 g/mol. The zero-order valence-corrected chi connectivity index (χ0v) is 11.1. The van der Waals surface area contributed by atoms with E-state index in [0.717, 1.165) is 13.2 Å². The summed E-state index contributed by atoms with van der Waals surface area (Å²) >= 11 is 6.44. The van der Waals surface area contributed by atoms with E-state index in [1.807, 2.05) is 6.92 Å². The fraction of sp³-hybridized carbons (Fsp3) is 0.833. The Morgan fingerprint density at radius 3 is 2.00 bits per heavy atom. The summed E-state index contributed by atoms with van der Waals surface area (Å²) in [5.41, 5.74) is 0. The normalized spacial score (nSPS) is 17.5. The summed E-state index contributed by atoms with van der Waals surface area (Å²) < 4.78 is 10.3. The van der Waals surface area contributed by atoms with Gasteiger partial charge in [0, 0.05) is 5.92 Å². The third kappa shape index (κ3) is 6.78. The van der Waals surface area contributed by atoms with E-state index in [2.05, 4.69) is 32.7 Å². The molecular weight excluding hydrogens is 288 g/mol. The molecule has 0 aromatic carbocycles. The van der Waals surface area contributed by atoms with Crippen molar-refractivity contribution in [1.82, 2.24) is 0 Å². The summed E-state index contributed by atoms with van der Waals surface area (Å²) in [6, 6.07) is 0. The number of hydrogen-bond acceptors (Lipinski definition) is 2. The summed E-state index contributed by atoms with van der Waals surface area (Å²) in [5.74, 6) is 0.248. The summed E-state index contributed by atoms with van der Waals surface area (Å²) in [6.07, 6.45) is -0.0463. The van der Waals surface area contributed by atoms with Gasteiger partial charge in [0.2, 0.25) is 0 Å². The maximum absolute atomic E-state index is 5.13. The van der Waals surface area contributed by atoms with Gasteiger partial charge in [-0.05, 0) is 6.92 Å². The van der Waals surface area contributed by atoms with Crippen LogP contribution in [-0.4, -0.2) is 35.5 Å². The van der Waals surface area contributed by atoms with Crippen molar-refractivity contribution in [3.8, 4) is 0 Å². The molecule has 0 aliphatic carbocycles. The summed E-state index contributed by atoms with van der Waals surface area (Å²) in [7, 11) is 0. The van der Waals surface area contributed by atoms with Crippen molar-refractivity contribution in [3.05, 3.63) is 6.92 Å². The molecule has 0 bridgehead atoms. The molecule has 1 atom stereocenters. The van der Waals surface area contributed by atoms with Crippen LogP contribution in [0.5, 0.6) is 0 Å². The second-order valence-corrected chi connectivity index (χ2v) is 10.3. The van der Waals surface area contributed by atoms with Crippen LogP contribution < -0.4 is 0 Å². The predicted molar refractivity (Wildman–Crippen MR) is 53.8 cm³/mol. The third-order valence-electron chi connectivity index (χ3n) is 1.11. The zero-order chi connectivity index (χ0) is 8.69. The number of halogens is 2. The largest absolute Gasteiger partial charge is 0.560 e. The van der Waals surface area contributed by atoms with Crippen LogP contribution in [0.1, 0.15) is 6.92 Å². The lowest BCUT2D eigenvalue weighted by Crippen LogP contribution is -2.15. The van der Waals surface area contributed by atoms with Crippen LogP contribution in [0.3, 0.4) is 0 Å². The highest BCUT2D eigenvalue weighted by molar-refractivity contribution is 9.47. The van der Waals surface area contributed by atoms with Crippen molar-refractivity contribution >= 4 is 41.8 Å². The van der Waals surface area contributed by atoms with E-state index in [-0.39, 0.29) is 28.2 Å². The Bertz CT molecular complexity index is 86.7. The predicted octanol–water partition coefficient (Wildman–Crippen LogP) is 2.14. The second kappa shape index (κ2) is 8.25. The Balaban J connectivity index is 0.000000292. The molecule has 1 heterocycles. The molecule has 0 spiro atoms. The van der Waals surface area contributed by atoms with Gasteiger partial charge >= 0.3 is 16.0 Å². The quantitative estimate of drug-likeness (QED) is 0.691. The number of ether oxygens (including phenoxy) is 2. The first kappa shape index (κ1) is 12.6. The van der Waals surface area contributed by atoms with Gasteiger partial charge in [0.1, 0.15) is 0 Å². The van der Waals surface area contributed by atoms with Crippen molar-refractivity contribution in [3.63, 3.8) is 0 Å². The van der Waals surface area contributed by atoms with Gasteiger partial charge in [0.05, 0.1) is 13.2 Å². The molecule has 0 saturated carbocycles. The van der Waals surface area contributed by atoms with Crippen molar-refractivity contribution in [1.29, 1.82) is 0 Å². The van der Waals surface area contributed by atoms with E-state index in [4.69, 9.17) is 9.47 Å². The molecule has 1 rings (SSSR count). The monoisotopic (exact) mass is 297 g/mol. The smallest absolute Gasteiger partial charge is 0.350 e. The fourth-order valence-electron chi connectivity index (χ4n) is 0.705. The van der Waals surface area contributed by atoms with Crippen molar-refractivity contribution in [2.75, 3.05) is 13.2 Å². The molecule has 1 radical (unpaired) electrons. The topological polar surface area (TPSA) is 18.5 Å². The molecule has 1 saturated heterocycles.